The van der Waals surface area contributed by atoms with Crippen molar-refractivity contribution in [3.05, 3.63) is 23.9 Å². The van der Waals surface area contributed by atoms with Gasteiger partial charge in [0.1, 0.15) is 0 Å². The molecule has 0 fully saturated rings. The Bertz CT molecular complexity index is 624. The number of hydrogen-bond donors (Lipinski definition) is 4. The lowest BCUT2D eigenvalue weighted by molar-refractivity contribution is 0.0723. The molecule has 1 aromatic carbocycles. The van der Waals surface area contributed by atoms with Crippen LogP contribution in [0.1, 0.15) is 17.4 Å². The molecule has 0 aliphatic carbocycles. The maximum Gasteiger partial charge on any atom is 0.272 e. The quantitative estimate of drug-likeness (QED) is 0.616. The van der Waals surface area contributed by atoms with Crippen LogP contribution in [0.4, 0.5) is 5.69 Å². The van der Waals surface area contributed by atoms with Gasteiger partial charge in [-0.05, 0) is 31.4 Å². The summed E-state index contributed by atoms with van der Waals surface area (Å²) in [5.41, 5.74) is 6.38. The zero-order chi connectivity index (χ0) is 14.8. The third-order valence-corrected chi connectivity index (χ3v) is 3.80. The molecule has 1 unspecified atom stereocenters. The van der Waals surface area contributed by atoms with E-state index in [0.29, 0.717) is 16.8 Å². The summed E-state index contributed by atoms with van der Waals surface area (Å²) < 4.78 is 0. The summed E-state index contributed by atoms with van der Waals surface area (Å²) in [4.78, 5) is 12.1. The molecule has 7 heteroatoms. The SMILES string of the molecule is CSCC(C)(O)CNC(=O)c1n[nH]c2ccc(N)cc12. The van der Waals surface area contributed by atoms with Crippen LogP contribution in [-0.2, 0) is 0 Å². The molecule has 108 valence electrons. The molecule has 1 heterocycles. The highest BCUT2D eigenvalue weighted by molar-refractivity contribution is 7.98. The number of nitrogens with one attached hydrogen (secondary N) is 2. The second-order valence-corrected chi connectivity index (χ2v) is 5.86. The highest BCUT2D eigenvalue weighted by Crippen LogP contribution is 2.19. The van der Waals surface area contributed by atoms with Gasteiger partial charge in [-0.1, -0.05) is 0 Å². The monoisotopic (exact) mass is 294 g/mol. The summed E-state index contributed by atoms with van der Waals surface area (Å²) >= 11 is 1.52. The summed E-state index contributed by atoms with van der Waals surface area (Å²) in [7, 11) is 0. The lowest BCUT2D eigenvalue weighted by Crippen LogP contribution is -2.42. The fourth-order valence-corrected chi connectivity index (χ4v) is 2.65. The molecular formula is C13H18N4O2S. The molecule has 0 radical (unpaired) electrons. The number of aromatic amines is 1. The maximum atomic E-state index is 12.1. The largest absolute Gasteiger partial charge is 0.399 e. The van der Waals surface area contributed by atoms with Crippen LogP contribution < -0.4 is 11.1 Å². The molecule has 0 aliphatic heterocycles. The van der Waals surface area contributed by atoms with E-state index < -0.39 is 5.60 Å². The highest BCUT2D eigenvalue weighted by atomic mass is 32.2. The van der Waals surface area contributed by atoms with Crippen LogP contribution in [-0.4, -0.2) is 45.4 Å². The first-order valence-electron chi connectivity index (χ1n) is 6.16. The lowest BCUT2D eigenvalue weighted by atomic mass is 10.1. The number of carbonyl (C=O) groups is 1. The Kier molecular flexibility index (Phi) is 4.20. The van der Waals surface area contributed by atoms with Crippen molar-refractivity contribution in [2.75, 3.05) is 24.3 Å². The fourth-order valence-electron chi connectivity index (χ4n) is 1.92. The summed E-state index contributed by atoms with van der Waals surface area (Å²) in [6, 6.07) is 5.22. The zero-order valence-corrected chi connectivity index (χ0v) is 12.3. The lowest BCUT2D eigenvalue weighted by Gasteiger charge is -2.22. The van der Waals surface area contributed by atoms with Crippen LogP contribution in [0.15, 0.2) is 18.2 Å². The Morgan fingerprint density at radius 1 is 1.60 bits per heavy atom. The molecule has 1 aromatic heterocycles. The Morgan fingerprint density at radius 2 is 2.35 bits per heavy atom. The number of H-pyrrole nitrogens is 1. The van der Waals surface area contributed by atoms with Crippen LogP contribution in [0.2, 0.25) is 0 Å². The van der Waals surface area contributed by atoms with Gasteiger partial charge in [-0.2, -0.15) is 16.9 Å². The molecule has 1 atom stereocenters. The zero-order valence-electron chi connectivity index (χ0n) is 11.4. The summed E-state index contributed by atoms with van der Waals surface area (Å²) in [6.45, 7) is 1.85. The molecule has 0 bridgehead atoms. The van der Waals surface area contributed by atoms with Gasteiger partial charge in [0.05, 0.1) is 11.1 Å². The van der Waals surface area contributed by atoms with E-state index >= 15 is 0 Å². The Balaban J connectivity index is 2.14. The van der Waals surface area contributed by atoms with Gasteiger partial charge in [-0.15, -0.1) is 0 Å². The summed E-state index contributed by atoms with van der Waals surface area (Å²) in [5.74, 6) is 0.213. The molecule has 1 amide bonds. The van der Waals surface area contributed by atoms with Gasteiger partial charge in [0.15, 0.2) is 5.69 Å². The topological polar surface area (TPSA) is 104 Å². The van der Waals surface area contributed by atoms with E-state index in [1.165, 1.54) is 11.8 Å². The first-order valence-corrected chi connectivity index (χ1v) is 7.55. The Morgan fingerprint density at radius 3 is 3.05 bits per heavy atom. The number of anilines is 1. The summed E-state index contributed by atoms with van der Waals surface area (Å²) in [5, 5.41) is 20.2. The number of fused-ring (bicyclic) bond motifs is 1. The Labute approximate surface area is 121 Å². The van der Waals surface area contributed by atoms with Crippen LogP contribution in [0.3, 0.4) is 0 Å². The minimum absolute atomic E-state index is 0.170. The smallest absolute Gasteiger partial charge is 0.272 e. The maximum absolute atomic E-state index is 12.1. The van der Waals surface area contributed by atoms with Crippen molar-refractivity contribution in [1.29, 1.82) is 0 Å². The minimum Gasteiger partial charge on any atom is -0.399 e. The number of hydrogen-bond acceptors (Lipinski definition) is 5. The van der Waals surface area contributed by atoms with Crippen molar-refractivity contribution < 1.29 is 9.90 Å². The number of aromatic nitrogens is 2. The number of thioether (sulfide) groups is 1. The minimum atomic E-state index is -0.944. The van der Waals surface area contributed by atoms with Crippen molar-refractivity contribution in [3.63, 3.8) is 0 Å². The molecule has 6 nitrogen and oxygen atoms in total. The molecule has 20 heavy (non-hydrogen) atoms. The van der Waals surface area contributed by atoms with Crippen molar-refractivity contribution in [2.45, 2.75) is 12.5 Å². The third kappa shape index (κ3) is 3.23. The van der Waals surface area contributed by atoms with Crippen molar-refractivity contribution in [2.24, 2.45) is 0 Å². The Hall–Kier alpha value is -1.73. The van der Waals surface area contributed by atoms with Crippen LogP contribution >= 0.6 is 11.8 Å². The first kappa shape index (κ1) is 14.7. The number of amides is 1. The van der Waals surface area contributed by atoms with Crippen molar-refractivity contribution >= 4 is 34.3 Å². The molecule has 0 spiro atoms. The molecule has 5 N–H and O–H groups in total. The van der Waals surface area contributed by atoms with E-state index in [0.717, 1.165) is 5.52 Å². The number of benzene rings is 1. The van der Waals surface area contributed by atoms with E-state index in [9.17, 15) is 9.90 Å². The number of carbonyl (C=O) groups excluding carboxylic acids is 1. The molecule has 2 rings (SSSR count). The first-order chi connectivity index (χ1) is 9.43. The van der Waals surface area contributed by atoms with Gasteiger partial charge in [0, 0.05) is 23.4 Å². The van der Waals surface area contributed by atoms with Crippen LogP contribution in [0.25, 0.3) is 10.9 Å². The van der Waals surface area contributed by atoms with Gasteiger partial charge < -0.3 is 16.2 Å². The number of nitrogens with two attached hydrogens (primary N) is 1. The van der Waals surface area contributed by atoms with E-state index in [-0.39, 0.29) is 18.1 Å². The average Bonchev–Trinajstić information content (AvgIpc) is 2.79. The standard InChI is InChI=1S/C13H18N4O2S/c1-13(19,7-20-2)6-15-12(18)11-9-5-8(14)3-4-10(9)16-17-11/h3-5,19H,6-7,14H2,1-2H3,(H,15,18)(H,16,17). The average molecular weight is 294 g/mol. The van der Waals surface area contributed by atoms with Crippen molar-refractivity contribution in [3.8, 4) is 0 Å². The fraction of sp³-hybridized carbons (Fsp3) is 0.385. The molecule has 0 saturated carbocycles. The van der Waals surface area contributed by atoms with E-state index in [2.05, 4.69) is 15.5 Å². The number of rotatable bonds is 5. The number of nitrogens with zero attached hydrogens (tertiary/aromatic N) is 1. The third-order valence-electron chi connectivity index (χ3n) is 2.89. The second-order valence-electron chi connectivity index (χ2n) is 4.99. The van der Waals surface area contributed by atoms with Gasteiger partial charge in [0.25, 0.3) is 5.91 Å². The van der Waals surface area contributed by atoms with Crippen LogP contribution in [0, 0.1) is 0 Å². The van der Waals surface area contributed by atoms with Crippen LogP contribution in [0.5, 0.6) is 0 Å². The molecule has 0 saturated heterocycles. The van der Waals surface area contributed by atoms with E-state index in [4.69, 9.17) is 5.73 Å². The molecular weight excluding hydrogens is 276 g/mol. The van der Waals surface area contributed by atoms with Gasteiger partial charge in [-0.25, -0.2) is 0 Å². The van der Waals surface area contributed by atoms with Gasteiger partial charge >= 0.3 is 0 Å². The molecule has 0 aliphatic rings. The summed E-state index contributed by atoms with van der Waals surface area (Å²) in [6.07, 6.45) is 1.90. The molecule has 2 aromatic rings. The van der Waals surface area contributed by atoms with E-state index in [1.54, 1.807) is 25.1 Å². The van der Waals surface area contributed by atoms with E-state index in [1.807, 2.05) is 6.26 Å². The highest BCUT2D eigenvalue weighted by Gasteiger charge is 2.22. The predicted molar refractivity (Wildman–Crippen MR) is 81.8 cm³/mol. The normalized spacial score (nSPS) is 14.2. The second kappa shape index (κ2) is 5.72. The van der Waals surface area contributed by atoms with Crippen molar-refractivity contribution in [1.82, 2.24) is 15.5 Å². The number of aliphatic hydroxyl groups is 1. The van der Waals surface area contributed by atoms with Gasteiger partial charge in [0.2, 0.25) is 0 Å². The van der Waals surface area contributed by atoms with Gasteiger partial charge in [-0.3, -0.25) is 9.89 Å². The predicted octanol–water partition coefficient (Wildman–Crippen LogP) is 0.989. The number of nitrogen functional groups attached to an aromatic ring is 1.